The molecule has 0 saturated heterocycles. The van der Waals surface area contributed by atoms with Crippen molar-refractivity contribution in [3.8, 4) is 0 Å². The van der Waals surface area contributed by atoms with E-state index in [9.17, 15) is 14.0 Å². The highest BCUT2D eigenvalue weighted by atomic mass is 19.1. The number of H-pyrrole nitrogens is 1. The molecule has 2 heterocycles. The second kappa shape index (κ2) is 4.84. The summed E-state index contributed by atoms with van der Waals surface area (Å²) in [7, 11) is 0. The van der Waals surface area contributed by atoms with Crippen molar-refractivity contribution in [3.63, 3.8) is 0 Å². The van der Waals surface area contributed by atoms with Gasteiger partial charge in [0.05, 0.1) is 11.1 Å². The quantitative estimate of drug-likeness (QED) is 0.743. The molecule has 112 valence electrons. The van der Waals surface area contributed by atoms with Crippen molar-refractivity contribution in [1.29, 1.82) is 0 Å². The van der Waals surface area contributed by atoms with Crippen molar-refractivity contribution >= 4 is 29.2 Å². The molecule has 0 saturated carbocycles. The fourth-order valence-electron chi connectivity index (χ4n) is 2.74. The average molecular weight is 299 g/mol. The second-order valence-electron chi connectivity index (χ2n) is 5.23. The number of aromatic nitrogens is 1. The van der Waals surface area contributed by atoms with Gasteiger partial charge in [-0.3, -0.25) is 9.59 Å². The number of nitrogens with two attached hydrogens (primary N) is 1. The van der Waals surface area contributed by atoms with E-state index < -0.39 is 11.7 Å². The summed E-state index contributed by atoms with van der Waals surface area (Å²) in [6, 6.07) is 4.11. The van der Waals surface area contributed by atoms with Crippen LogP contribution in [0.2, 0.25) is 0 Å². The molecule has 2 aromatic rings. The number of amides is 2. The van der Waals surface area contributed by atoms with Gasteiger partial charge in [-0.1, -0.05) is 0 Å². The summed E-state index contributed by atoms with van der Waals surface area (Å²) in [6.07, 6.45) is 1.61. The number of fused-ring (bicyclic) bond motifs is 1. The van der Waals surface area contributed by atoms with E-state index in [1.165, 1.54) is 18.2 Å². The van der Waals surface area contributed by atoms with E-state index in [2.05, 4.69) is 10.3 Å². The number of hydrogen-bond acceptors (Lipinski definition) is 2. The van der Waals surface area contributed by atoms with Gasteiger partial charge in [0.15, 0.2) is 0 Å². The maximum Gasteiger partial charge on any atom is 0.256 e. The molecule has 22 heavy (non-hydrogen) atoms. The Balaban J connectivity index is 2.15. The normalized spacial score (nSPS) is 15.0. The number of hydrogen-bond donors (Lipinski definition) is 3. The number of rotatable bonds is 2. The van der Waals surface area contributed by atoms with Crippen LogP contribution >= 0.6 is 0 Å². The fraction of sp³-hybridized carbons (Fsp3) is 0.125. The first kappa shape index (κ1) is 14.1. The van der Waals surface area contributed by atoms with E-state index >= 15 is 0 Å². The minimum Gasteiger partial charge on any atom is -0.366 e. The van der Waals surface area contributed by atoms with E-state index in [4.69, 9.17) is 5.73 Å². The fourth-order valence-corrected chi connectivity index (χ4v) is 2.74. The highest BCUT2D eigenvalue weighted by molar-refractivity contribution is 6.34. The maximum absolute atomic E-state index is 13.4. The molecule has 1 aliphatic heterocycles. The molecule has 0 atom stereocenters. The molecular weight excluding hydrogens is 285 g/mol. The summed E-state index contributed by atoms with van der Waals surface area (Å²) < 4.78 is 13.4. The Kier molecular flexibility index (Phi) is 3.09. The van der Waals surface area contributed by atoms with Gasteiger partial charge in [0.1, 0.15) is 5.82 Å². The number of carbonyl (C=O) groups is 2. The molecule has 5 nitrogen and oxygen atoms in total. The molecule has 1 aromatic heterocycles. The molecule has 3 rings (SSSR count). The largest absolute Gasteiger partial charge is 0.366 e. The van der Waals surface area contributed by atoms with Gasteiger partial charge in [0.25, 0.3) is 11.8 Å². The standard InChI is InChI=1S/C16H14FN3O2/c1-7-13(19-8(2)14(7)15(18)21)6-11-10-5-9(17)3-4-12(10)20-16(11)22/h3-6,19H,1-2H3,(H2,18,21)(H,20,22). The van der Waals surface area contributed by atoms with Gasteiger partial charge in [-0.2, -0.15) is 0 Å². The van der Waals surface area contributed by atoms with Crippen molar-refractivity contribution < 1.29 is 14.0 Å². The third-order valence-electron chi connectivity index (χ3n) is 3.78. The number of nitrogens with one attached hydrogen (secondary N) is 2. The minimum atomic E-state index is -0.529. The van der Waals surface area contributed by atoms with Gasteiger partial charge in [0.2, 0.25) is 0 Å². The van der Waals surface area contributed by atoms with Crippen LogP contribution in [0.25, 0.3) is 11.6 Å². The maximum atomic E-state index is 13.4. The topological polar surface area (TPSA) is 88.0 Å². The monoisotopic (exact) mass is 299 g/mol. The highest BCUT2D eigenvalue weighted by Crippen LogP contribution is 2.34. The van der Waals surface area contributed by atoms with Crippen LogP contribution in [0, 0.1) is 19.7 Å². The van der Waals surface area contributed by atoms with Crippen molar-refractivity contribution in [2.24, 2.45) is 5.73 Å². The SMILES string of the molecule is Cc1[nH]c(C=C2C(=O)Nc3ccc(F)cc32)c(C)c1C(N)=O. The van der Waals surface area contributed by atoms with E-state index in [-0.39, 0.29) is 5.91 Å². The predicted octanol–water partition coefficient (Wildman–Crippen LogP) is 2.36. The van der Waals surface area contributed by atoms with Gasteiger partial charge in [0, 0.05) is 22.6 Å². The van der Waals surface area contributed by atoms with Gasteiger partial charge in [-0.25, -0.2) is 4.39 Å². The lowest BCUT2D eigenvalue weighted by Gasteiger charge is -1.99. The molecule has 0 bridgehead atoms. The molecular formula is C16H14FN3O2. The molecule has 4 N–H and O–H groups in total. The van der Waals surface area contributed by atoms with Crippen LogP contribution in [0.1, 0.15) is 32.9 Å². The first-order valence-corrected chi connectivity index (χ1v) is 6.70. The van der Waals surface area contributed by atoms with Crippen molar-refractivity contribution in [1.82, 2.24) is 4.98 Å². The lowest BCUT2D eigenvalue weighted by molar-refractivity contribution is -0.110. The first-order chi connectivity index (χ1) is 10.4. The Morgan fingerprint density at radius 3 is 2.68 bits per heavy atom. The minimum absolute atomic E-state index is 0.312. The Morgan fingerprint density at radius 2 is 2.05 bits per heavy atom. The lowest BCUT2D eigenvalue weighted by Crippen LogP contribution is -2.12. The third-order valence-corrected chi connectivity index (χ3v) is 3.78. The summed E-state index contributed by atoms with van der Waals surface area (Å²) in [6.45, 7) is 3.48. The van der Waals surface area contributed by atoms with Gasteiger partial charge < -0.3 is 16.0 Å². The molecule has 0 spiro atoms. The third kappa shape index (κ3) is 2.09. The molecule has 0 fully saturated rings. The lowest BCUT2D eigenvalue weighted by atomic mass is 10.0. The number of benzene rings is 1. The molecule has 2 amide bonds. The van der Waals surface area contributed by atoms with Crippen molar-refractivity contribution in [2.75, 3.05) is 5.32 Å². The molecule has 0 unspecified atom stereocenters. The van der Waals surface area contributed by atoms with Crippen LogP contribution in [0.5, 0.6) is 0 Å². The van der Waals surface area contributed by atoms with E-state index in [0.717, 1.165) is 0 Å². The van der Waals surface area contributed by atoms with Gasteiger partial charge in [-0.15, -0.1) is 0 Å². The zero-order valence-electron chi connectivity index (χ0n) is 12.1. The van der Waals surface area contributed by atoms with Crippen LogP contribution in [0.15, 0.2) is 18.2 Å². The van der Waals surface area contributed by atoms with Gasteiger partial charge in [-0.05, 0) is 43.7 Å². The molecule has 1 aromatic carbocycles. The van der Waals surface area contributed by atoms with Gasteiger partial charge >= 0.3 is 0 Å². The molecule has 0 aliphatic carbocycles. The summed E-state index contributed by atoms with van der Waals surface area (Å²) in [5.41, 5.74) is 9.06. The smallest absolute Gasteiger partial charge is 0.256 e. The summed E-state index contributed by atoms with van der Waals surface area (Å²) in [5, 5.41) is 2.68. The molecule has 1 aliphatic rings. The van der Waals surface area contributed by atoms with E-state index in [1.807, 2.05) is 0 Å². The van der Waals surface area contributed by atoms with E-state index in [1.54, 1.807) is 19.9 Å². The summed E-state index contributed by atoms with van der Waals surface area (Å²) in [4.78, 5) is 26.6. The van der Waals surface area contributed by atoms with Crippen LogP contribution < -0.4 is 11.1 Å². The Morgan fingerprint density at radius 1 is 1.32 bits per heavy atom. The highest BCUT2D eigenvalue weighted by Gasteiger charge is 2.25. The number of carbonyl (C=O) groups excluding carboxylic acids is 2. The zero-order valence-corrected chi connectivity index (χ0v) is 12.1. The van der Waals surface area contributed by atoms with E-state index in [0.29, 0.717) is 39.3 Å². The predicted molar refractivity (Wildman–Crippen MR) is 81.7 cm³/mol. The number of aromatic amines is 1. The number of aryl methyl sites for hydroxylation is 1. The van der Waals surface area contributed by atoms with Crippen molar-refractivity contribution in [2.45, 2.75) is 13.8 Å². The number of primary amides is 1. The summed E-state index contributed by atoms with van der Waals surface area (Å²) >= 11 is 0. The van der Waals surface area contributed by atoms with Crippen LogP contribution in [-0.4, -0.2) is 16.8 Å². The Labute approximate surface area is 126 Å². The number of anilines is 1. The molecule has 0 radical (unpaired) electrons. The summed E-state index contributed by atoms with van der Waals surface area (Å²) in [5.74, 6) is -1.26. The van der Waals surface area contributed by atoms with Crippen molar-refractivity contribution in [3.05, 3.63) is 52.1 Å². The molecule has 6 heteroatoms. The first-order valence-electron chi connectivity index (χ1n) is 6.70. The average Bonchev–Trinajstić information content (AvgIpc) is 2.88. The Bertz CT molecular complexity index is 849. The van der Waals surface area contributed by atoms with Crippen LogP contribution in [-0.2, 0) is 4.79 Å². The second-order valence-corrected chi connectivity index (χ2v) is 5.23. The van der Waals surface area contributed by atoms with Crippen LogP contribution in [0.3, 0.4) is 0 Å². The number of halogens is 1. The zero-order chi connectivity index (χ0) is 16.0. The van der Waals surface area contributed by atoms with Crippen LogP contribution in [0.4, 0.5) is 10.1 Å². The Hall–Kier alpha value is -2.89.